The van der Waals surface area contributed by atoms with Gasteiger partial charge in [-0.05, 0) is 24.6 Å². The van der Waals surface area contributed by atoms with Gasteiger partial charge in [0.1, 0.15) is 0 Å². The molecule has 2 rings (SSSR count). The Morgan fingerprint density at radius 2 is 2.26 bits per heavy atom. The Bertz CT molecular complexity index is 542. The molecule has 2 N–H and O–H groups in total. The average molecular weight is 305 g/mol. The van der Waals surface area contributed by atoms with Crippen LogP contribution in [0.3, 0.4) is 0 Å². The van der Waals surface area contributed by atoms with Gasteiger partial charge in [-0.15, -0.1) is 0 Å². The van der Waals surface area contributed by atoms with Crippen LogP contribution in [0.4, 0.5) is 11.4 Å². The quantitative estimate of drug-likeness (QED) is 0.875. The van der Waals surface area contributed by atoms with Gasteiger partial charge in [0.15, 0.2) is 0 Å². The van der Waals surface area contributed by atoms with Crippen molar-refractivity contribution in [3.8, 4) is 0 Å². The Hall–Kier alpha value is -0.980. The summed E-state index contributed by atoms with van der Waals surface area (Å²) in [6.45, 7) is 2.32. The van der Waals surface area contributed by atoms with E-state index in [4.69, 9.17) is 16.3 Å². The predicted molar refractivity (Wildman–Crippen MR) is 77.3 cm³/mol. The van der Waals surface area contributed by atoms with Gasteiger partial charge in [-0.1, -0.05) is 11.6 Å². The van der Waals surface area contributed by atoms with Gasteiger partial charge in [0.25, 0.3) is 0 Å². The van der Waals surface area contributed by atoms with Gasteiger partial charge in [0, 0.05) is 19.1 Å². The first kappa shape index (κ1) is 14.4. The van der Waals surface area contributed by atoms with Gasteiger partial charge in [-0.3, -0.25) is 4.72 Å². The van der Waals surface area contributed by atoms with E-state index in [9.17, 15) is 8.42 Å². The third kappa shape index (κ3) is 4.56. The zero-order valence-electron chi connectivity index (χ0n) is 10.6. The van der Waals surface area contributed by atoms with E-state index in [1.807, 2.05) is 0 Å². The second kappa shape index (κ2) is 5.98. The Balaban J connectivity index is 2.04. The van der Waals surface area contributed by atoms with Crippen molar-refractivity contribution in [1.29, 1.82) is 0 Å². The highest BCUT2D eigenvalue weighted by Crippen LogP contribution is 2.26. The molecule has 0 bridgehead atoms. The van der Waals surface area contributed by atoms with Crippen LogP contribution < -0.4 is 10.0 Å². The van der Waals surface area contributed by atoms with Crippen molar-refractivity contribution in [3.05, 3.63) is 23.2 Å². The van der Waals surface area contributed by atoms with Crippen molar-refractivity contribution >= 4 is 33.0 Å². The number of sulfonamides is 1. The monoisotopic (exact) mass is 304 g/mol. The first-order chi connectivity index (χ1) is 8.94. The summed E-state index contributed by atoms with van der Waals surface area (Å²) in [6.07, 6.45) is 2.15. The number of hydrogen-bond donors (Lipinski definition) is 2. The Kier molecular flexibility index (Phi) is 4.54. The maximum Gasteiger partial charge on any atom is 0.229 e. The van der Waals surface area contributed by atoms with Crippen LogP contribution in [0, 0.1) is 5.92 Å². The summed E-state index contributed by atoms with van der Waals surface area (Å²) in [5, 5.41) is 3.80. The van der Waals surface area contributed by atoms with Crippen LogP contribution in [0.5, 0.6) is 0 Å². The van der Waals surface area contributed by atoms with E-state index in [0.717, 1.165) is 38.1 Å². The minimum Gasteiger partial charge on any atom is -0.383 e. The van der Waals surface area contributed by atoms with E-state index in [-0.39, 0.29) is 0 Å². The number of hydrogen-bond acceptors (Lipinski definition) is 4. The highest BCUT2D eigenvalue weighted by atomic mass is 35.5. The van der Waals surface area contributed by atoms with Crippen molar-refractivity contribution in [2.75, 3.05) is 36.1 Å². The summed E-state index contributed by atoms with van der Waals surface area (Å²) in [6, 6.07) is 5.00. The number of anilines is 2. The highest BCUT2D eigenvalue weighted by Gasteiger charge is 2.15. The maximum absolute atomic E-state index is 11.2. The predicted octanol–water partition coefficient (Wildman–Crippen LogP) is 2.16. The summed E-state index contributed by atoms with van der Waals surface area (Å²) < 4.78 is 30.1. The zero-order chi connectivity index (χ0) is 13.9. The van der Waals surface area contributed by atoms with Gasteiger partial charge in [-0.25, -0.2) is 8.42 Å². The molecule has 0 radical (unpaired) electrons. The molecule has 1 atom stereocenters. The third-order valence-electron chi connectivity index (χ3n) is 2.87. The van der Waals surface area contributed by atoms with Crippen LogP contribution in [-0.4, -0.2) is 34.4 Å². The summed E-state index contributed by atoms with van der Waals surface area (Å²) >= 11 is 6.08. The van der Waals surface area contributed by atoms with E-state index in [1.54, 1.807) is 18.2 Å². The molecule has 106 valence electrons. The van der Waals surface area contributed by atoms with Crippen molar-refractivity contribution in [3.63, 3.8) is 0 Å². The van der Waals surface area contributed by atoms with Crippen LogP contribution in [0.15, 0.2) is 18.2 Å². The molecular formula is C12H17ClN2O3S. The normalized spacial score (nSPS) is 19.4. The second-order valence-electron chi connectivity index (χ2n) is 4.68. The van der Waals surface area contributed by atoms with Gasteiger partial charge in [0.05, 0.1) is 29.3 Å². The van der Waals surface area contributed by atoms with E-state index >= 15 is 0 Å². The average Bonchev–Trinajstić information content (AvgIpc) is 2.81. The molecule has 0 spiro atoms. The van der Waals surface area contributed by atoms with Crippen LogP contribution >= 0.6 is 11.6 Å². The first-order valence-electron chi connectivity index (χ1n) is 6.03. The standard InChI is InChI=1S/C12H17ClN2O3S/c1-19(16,17)15-10-2-3-11(13)12(6-10)14-7-9-4-5-18-8-9/h2-3,6,9,14-15H,4-5,7-8H2,1H3. The van der Waals surface area contributed by atoms with Crippen LogP contribution in [0.25, 0.3) is 0 Å². The molecule has 1 saturated heterocycles. The third-order valence-corrected chi connectivity index (χ3v) is 3.81. The summed E-state index contributed by atoms with van der Waals surface area (Å²) in [7, 11) is -3.28. The Morgan fingerprint density at radius 1 is 1.47 bits per heavy atom. The van der Waals surface area contributed by atoms with E-state index in [2.05, 4.69) is 10.0 Å². The van der Waals surface area contributed by atoms with Crippen molar-refractivity contribution in [2.45, 2.75) is 6.42 Å². The lowest BCUT2D eigenvalue weighted by molar-refractivity contribution is 0.187. The topological polar surface area (TPSA) is 67.4 Å². The molecule has 1 aliphatic heterocycles. The van der Waals surface area contributed by atoms with Gasteiger partial charge in [0.2, 0.25) is 10.0 Å². The molecule has 1 fully saturated rings. The van der Waals surface area contributed by atoms with Crippen molar-refractivity contribution < 1.29 is 13.2 Å². The number of halogens is 1. The molecule has 1 aromatic carbocycles. The lowest BCUT2D eigenvalue weighted by Crippen LogP contribution is -2.15. The summed E-state index contributed by atoms with van der Waals surface area (Å²) in [5.74, 6) is 0.475. The zero-order valence-corrected chi connectivity index (χ0v) is 12.2. The molecule has 1 unspecified atom stereocenters. The number of rotatable bonds is 5. The molecule has 1 heterocycles. The molecule has 7 heteroatoms. The molecule has 5 nitrogen and oxygen atoms in total. The molecule has 0 aromatic heterocycles. The fraction of sp³-hybridized carbons (Fsp3) is 0.500. The van der Waals surface area contributed by atoms with Crippen molar-refractivity contribution in [2.24, 2.45) is 5.92 Å². The largest absolute Gasteiger partial charge is 0.383 e. The van der Waals surface area contributed by atoms with Gasteiger partial charge >= 0.3 is 0 Å². The fourth-order valence-corrected chi connectivity index (χ4v) is 2.68. The second-order valence-corrected chi connectivity index (χ2v) is 6.84. The lowest BCUT2D eigenvalue weighted by atomic mass is 10.1. The SMILES string of the molecule is CS(=O)(=O)Nc1ccc(Cl)c(NCC2CCOC2)c1. The van der Waals surface area contributed by atoms with E-state index < -0.39 is 10.0 Å². The van der Waals surface area contributed by atoms with Crippen molar-refractivity contribution in [1.82, 2.24) is 0 Å². The smallest absolute Gasteiger partial charge is 0.229 e. The minimum absolute atomic E-state index is 0.475. The van der Waals surface area contributed by atoms with Gasteiger partial charge < -0.3 is 10.1 Å². The first-order valence-corrected chi connectivity index (χ1v) is 8.30. The van der Waals surface area contributed by atoms with E-state index in [1.165, 1.54) is 0 Å². The number of benzene rings is 1. The molecule has 19 heavy (non-hydrogen) atoms. The maximum atomic E-state index is 11.2. The molecule has 1 aliphatic rings. The molecule has 1 aromatic rings. The molecular weight excluding hydrogens is 288 g/mol. The summed E-state index contributed by atoms with van der Waals surface area (Å²) in [5.41, 5.74) is 1.22. The van der Waals surface area contributed by atoms with Crippen LogP contribution in [0.1, 0.15) is 6.42 Å². The van der Waals surface area contributed by atoms with Gasteiger partial charge in [-0.2, -0.15) is 0 Å². The molecule has 0 saturated carbocycles. The molecule has 0 amide bonds. The highest BCUT2D eigenvalue weighted by molar-refractivity contribution is 7.92. The lowest BCUT2D eigenvalue weighted by Gasteiger charge is -2.13. The molecule has 0 aliphatic carbocycles. The summed E-state index contributed by atoms with van der Waals surface area (Å²) in [4.78, 5) is 0. The fourth-order valence-electron chi connectivity index (χ4n) is 1.94. The number of ether oxygens (including phenoxy) is 1. The minimum atomic E-state index is -3.28. The van der Waals surface area contributed by atoms with Crippen LogP contribution in [0.2, 0.25) is 5.02 Å². The Labute approximate surface area is 118 Å². The van der Waals surface area contributed by atoms with Crippen LogP contribution in [-0.2, 0) is 14.8 Å². The number of nitrogens with one attached hydrogen (secondary N) is 2. The Morgan fingerprint density at radius 3 is 2.89 bits per heavy atom. The van der Waals surface area contributed by atoms with E-state index in [0.29, 0.717) is 16.6 Å².